The Balaban J connectivity index is 1.77. The SMILES string of the molecule is CCOC(=O)C1CCCCN1C(=O)CCCCc1ccc(Br)cc1. The number of esters is 1. The molecule has 1 heterocycles. The number of amides is 1. The highest BCUT2D eigenvalue weighted by Gasteiger charge is 2.32. The number of ether oxygens (including phenoxy) is 1. The number of unbranched alkanes of at least 4 members (excludes halogenated alkanes) is 1. The van der Waals surface area contributed by atoms with Gasteiger partial charge in [0.15, 0.2) is 0 Å². The van der Waals surface area contributed by atoms with E-state index in [0.717, 1.165) is 43.0 Å². The normalized spacial score (nSPS) is 17.6. The number of hydrogen-bond donors (Lipinski definition) is 0. The zero-order valence-corrected chi connectivity index (χ0v) is 15.9. The summed E-state index contributed by atoms with van der Waals surface area (Å²) in [5.41, 5.74) is 1.29. The maximum absolute atomic E-state index is 12.5. The van der Waals surface area contributed by atoms with Crippen molar-refractivity contribution < 1.29 is 14.3 Å². The quantitative estimate of drug-likeness (QED) is 0.515. The first-order valence-corrected chi connectivity index (χ1v) is 9.61. The van der Waals surface area contributed by atoms with E-state index in [-0.39, 0.29) is 17.9 Å². The first-order valence-electron chi connectivity index (χ1n) is 8.82. The molecule has 132 valence electrons. The molecule has 1 aliphatic heterocycles. The number of rotatable bonds is 7. The summed E-state index contributed by atoms with van der Waals surface area (Å²) in [6, 6.07) is 7.91. The van der Waals surface area contributed by atoms with Crippen molar-refractivity contribution >= 4 is 27.8 Å². The molecule has 0 aliphatic carbocycles. The van der Waals surface area contributed by atoms with E-state index in [1.54, 1.807) is 11.8 Å². The van der Waals surface area contributed by atoms with Crippen LogP contribution in [-0.4, -0.2) is 36.0 Å². The first-order chi connectivity index (χ1) is 11.6. The van der Waals surface area contributed by atoms with Gasteiger partial charge >= 0.3 is 5.97 Å². The zero-order valence-electron chi connectivity index (χ0n) is 14.3. The van der Waals surface area contributed by atoms with Crippen LogP contribution < -0.4 is 0 Å². The van der Waals surface area contributed by atoms with E-state index in [1.165, 1.54) is 5.56 Å². The van der Waals surface area contributed by atoms with Crippen LogP contribution in [-0.2, 0) is 20.7 Å². The minimum Gasteiger partial charge on any atom is -0.464 e. The molecule has 1 saturated heterocycles. The third-order valence-corrected chi connectivity index (χ3v) is 4.93. The minimum absolute atomic E-state index is 0.0866. The average Bonchev–Trinajstić information content (AvgIpc) is 2.60. The van der Waals surface area contributed by atoms with E-state index in [0.29, 0.717) is 19.6 Å². The summed E-state index contributed by atoms with van der Waals surface area (Å²) in [6.07, 6.45) is 5.99. The first kappa shape index (κ1) is 19.0. The van der Waals surface area contributed by atoms with Crippen molar-refractivity contribution in [3.63, 3.8) is 0 Å². The number of piperidine rings is 1. The van der Waals surface area contributed by atoms with Crippen LogP contribution >= 0.6 is 15.9 Å². The smallest absolute Gasteiger partial charge is 0.328 e. The largest absolute Gasteiger partial charge is 0.464 e. The van der Waals surface area contributed by atoms with Crippen LogP contribution in [0.2, 0.25) is 0 Å². The Morgan fingerprint density at radius 2 is 1.96 bits per heavy atom. The average molecular weight is 396 g/mol. The summed E-state index contributed by atoms with van der Waals surface area (Å²) in [5, 5.41) is 0. The van der Waals surface area contributed by atoms with Crippen molar-refractivity contribution in [1.29, 1.82) is 0 Å². The maximum Gasteiger partial charge on any atom is 0.328 e. The molecule has 0 N–H and O–H groups in total. The molecule has 1 unspecified atom stereocenters. The van der Waals surface area contributed by atoms with Gasteiger partial charge < -0.3 is 9.64 Å². The molecule has 1 aromatic carbocycles. The predicted octanol–water partition coefficient (Wildman–Crippen LogP) is 4.11. The molecule has 1 atom stereocenters. The van der Waals surface area contributed by atoms with Gasteiger partial charge in [-0.1, -0.05) is 28.1 Å². The fourth-order valence-corrected chi connectivity index (χ4v) is 3.38. The van der Waals surface area contributed by atoms with E-state index in [4.69, 9.17) is 4.74 Å². The molecule has 1 amide bonds. The Bertz CT molecular complexity index is 544. The summed E-state index contributed by atoms with van der Waals surface area (Å²) < 4.78 is 6.20. The third-order valence-electron chi connectivity index (χ3n) is 4.40. The molecule has 0 aromatic heterocycles. The number of halogens is 1. The van der Waals surface area contributed by atoms with Crippen molar-refractivity contribution in [2.75, 3.05) is 13.2 Å². The second-order valence-corrected chi connectivity index (χ2v) is 7.10. The molecular weight excluding hydrogens is 370 g/mol. The molecule has 0 spiro atoms. The number of aryl methyl sites for hydroxylation is 1. The highest BCUT2D eigenvalue weighted by Crippen LogP contribution is 2.20. The van der Waals surface area contributed by atoms with Gasteiger partial charge in [-0.3, -0.25) is 4.79 Å². The van der Waals surface area contributed by atoms with E-state index in [1.807, 2.05) is 12.1 Å². The second kappa shape index (κ2) is 9.82. The van der Waals surface area contributed by atoms with Crippen molar-refractivity contribution in [1.82, 2.24) is 4.90 Å². The van der Waals surface area contributed by atoms with Gasteiger partial charge in [-0.25, -0.2) is 4.79 Å². The molecule has 2 rings (SSSR count). The van der Waals surface area contributed by atoms with Crippen molar-refractivity contribution in [3.8, 4) is 0 Å². The van der Waals surface area contributed by atoms with Crippen LogP contribution in [0.25, 0.3) is 0 Å². The van der Waals surface area contributed by atoms with Gasteiger partial charge in [0.05, 0.1) is 6.61 Å². The Labute approximate surface area is 152 Å². The summed E-state index contributed by atoms with van der Waals surface area (Å²) in [5.74, 6) is -0.163. The summed E-state index contributed by atoms with van der Waals surface area (Å²) in [6.45, 7) is 2.84. The van der Waals surface area contributed by atoms with E-state index < -0.39 is 0 Å². The maximum atomic E-state index is 12.5. The monoisotopic (exact) mass is 395 g/mol. The van der Waals surface area contributed by atoms with Crippen molar-refractivity contribution in [3.05, 3.63) is 34.3 Å². The van der Waals surface area contributed by atoms with Crippen molar-refractivity contribution in [2.45, 2.75) is 57.9 Å². The molecule has 0 bridgehead atoms. The van der Waals surface area contributed by atoms with E-state index in [2.05, 4.69) is 28.1 Å². The van der Waals surface area contributed by atoms with Gasteiger partial charge in [0.25, 0.3) is 0 Å². The summed E-state index contributed by atoms with van der Waals surface area (Å²) >= 11 is 3.43. The molecule has 1 aliphatic rings. The standard InChI is InChI=1S/C19H26BrNO3/c1-2-24-19(23)17-8-5-6-14-21(17)18(22)9-4-3-7-15-10-12-16(20)13-11-15/h10-13,17H,2-9,14H2,1H3. The molecule has 1 fully saturated rings. The lowest BCUT2D eigenvalue weighted by Gasteiger charge is -2.34. The predicted molar refractivity (Wildman–Crippen MR) is 97.7 cm³/mol. The van der Waals surface area contributed by atoms with Gasteiger partial charge in [-0.05, 0) is 63.1 Å². The van der Waals surface area contributed by atoms with Crippen LogP contribution in [0.15, 0.2) is 28.7 Å². The molecule has 24 heavy (non-hydrogen) atoms. The fraction of sp³-hybridized carbons (Fsp3) is 0.579. The summed E-state index contributed by atoms with van der Waals surface area (Å²) in [4.78, 5) is 26.3. The highest BCUT2D eigenvalue weighted by atomic mass is 79.9. The molecule has 4 nitrogen and oxygen atoms in total. The van der Waals surface area contributed by atoms with Crippen molar-refractivity contribution in [2.24, 2.45) is 0 Å². The van der Waals surface area contributed by atoms with Gasteiger partial charge in [0, 0.05) is 17.4 Å². The minimum atomic E-state index is -0.377. The van der Waals surface area contributed by atoms with Gasteiger partial charge in [0.1, 0.15) is 6.04 Å². The number of hydrogen-bond acceptors (Lipinski definition) is 3. The molecule has 5 heteroatoms. The number of benzene rings is 1. The number of carbonyl (C=O) groups excluding carboxylic acids is 2. The highest BCUT2D eigenvalue weighted by molar-refractivity contribution is 9.10. The van der Waals surface area contributed by atoms with Crippen LogP contribution in [0.5, 0.6) is 0 Å². The van der Waals surface area contributed by atoms with Crippen LogP contribution in [0.3, 0.4) is 0 Å². The number of carbonyl (C=O) groups is 2. The number of nitrogens with zero attached hydrogens (tertiary/aromatic N) is 1. The van der Waals surface area contributed by atoms with Crippen LogP contribution in [0.4, 0.5) is 0 Å². The Kier molecular flexibility index (Phi) is 7.76. The Morgan fingerprint density at radius 3 is 2.67 bits per heavy atom. The van der Waals surface area contributed by atoms with Gasteiger partial charge in [-0.15, -0.1) is 0 Å². The lowest BCUT2D eigenvalue weighted by atomic mass is 10.0. The zero-order chi connectivity index (χ0) is 17.4. The van der Waals surface area contributed by atoms with Gasteiger partial charge in [-0.2, -0.15) is 0 Å². The summed E-state index contributed by atoms with van der Waals surface area (Å²) in [7, 11) is 0. The van der Waals surface area contributed by atoms with E-state index in [9.17, 15) is 9.59 Å². The molecule has 0 saturated carbocycles. The number of likely N-dealkylation sites (tertiary alicyclic amines) is 1. The Morgan fingerprint density at radius 1 is 1.21 bits per heavy atom. The molecule has 1 aromatic rings. The molecule has 0 radical (unpaired) electrons. The molecular formula is C19H26BrNO3. The topological polar surface area (TPSA) is 46.6 Å². The van der Waals surface area contributed by atoms with Gasteiger partial charge in [0.2, 0.25) is 5.91 Å². The second-order valence-electron chi connectivity index (χ2n) is 6.18. The van der Waals surface area contributed by atoms with E-state index >= 15 is 0 Å². The lowest BCUT2D eigenvalue weighted by molar-refractivity contribution is -0.156. The lowest BCUT2D eigenvalue weighted by Crippen LogP contribution is -2.48. The van der Waals surface area contributed by atoms with Crippen LogP contribution in [0.1, 0.15) is 51.0 Å². The van der Waals surface area contributed by atoms with Crippen LogP contribution in [0, 0.1) is 0 Å². The fourth-order valence-electron chi connectivity index (χ4n) is 3.11. The Hall–Kier alpha value is -1.36. The third kappa shape index (κ3) is 5.62.